The lowest BCUT2D eigenvalue weighted by molar-refractivity contribution is -0.000683. The summed E-state index contributed by atoms with van der Waals surface area (Å²) < 4.78 is 0. The molecule has 4 aliphatic carbocycles. The zero-order valence-electron chi connectivity index (χ0n) is 21.2. The van der Waals surface area contributed by atoms with Crippen LogP contribution in [0.4, 0.5) is 0 Å². The Balaban J connectivity index is 1.66. The maximum atomic E-state index is 2.73. The number of hydrogen-bond donors (Lipinski definition) is 0. The third-order valence-electron chi connectivity index (χ3n) is 11.1. The summed E-state index contributed by atoms with van der Waals surface area (Å²) in [6, 6.07) is 0. The summed E-state index contributed by atoms with van der Waals surface area (Å²) in [5.41, 5.74) is 1.54. The number of hydrogen-bond acceptors (Lipinski definition) is 0. The number of fused-ring (bicyclic) bond motifs is 3. The molecule has 0 aromatic rings. The fraction of sp³-hybridized carbons (Fsp3) is 1.00. The average Bonchev–Trinajstić information content (AvgIpc) is 3.26. The van der Waals surface area contributed by atoms with Gasteiger partial charge in [0, 0.05) is 0 Å². The van der Waals surface area contributed by atoms with Crippen molar-refractivity contribution in [2.75, 3.05) is 0 Å². The first-order valence-corrected chi connectivity index (χ1v) is 13.4. The molecule has 0 spiro atoms. The highest BCUT2D eigenvalue weighted by molar-refractivity contribution is 5.08. The minimum atomic E-state index is 0.495. The molecule has 0 aliphatic heterocycles. The topological polar surface area (TPSA) is 0 Å². The summed E-state index contributed by atoms with van der Waals surface area (Å²) in [6.45, 7) is 20.6. The van der Waals surface area contributed by atoms with Gasteiger partial charge in [-0.1, -0.05) is 68.2 Å². The highest BCUT2D eigenvalue weighted by Gasteiger charge is 2.59. The molecule has 0 amide bonds. The van der Waals surface area contributed by atoms with Crippen molar-refractivity contribution in [2.24, 2.45) is 63.6 Å². The molecule has 0 heteroatoms. The van der Waals surface area contributed by atoms with Gasteiger partial charge < -0.3 is 0 Å². The first kappa shape index (κ1) is 22.2. The third kappa shape index (κ3) is 3.98. The van der Waals surface area contributed by atoms with Crippen LogP contribution in [-0.4, -0.2) is 0 Å². The highest BCUT2D eigenvalue weighted by atomic mass is 14.6. The smallest absolute Gasteiger partial charge is 0.0292 e. The van der Waals surface area contributed by atoms with E-state index < -0.39 is 0 Å². The molecular formula is C29H52. The first-order valence-electron chi connectivity index (χ1n) is 13.4. The molecule has 0 aromatic carbocycles. The molecule has 168 valence electrons. The van der Waals surface area contributed by atoms with E-state index in [2.05, 4.69) is 55.4 Å². The van der Waals surface area contributed by atoms with E-state index >= 15 is 0 Å². The van der Waals surface area contributed by atoms with Crippen LogP contribution in [0.5, 0.6) is 0 Å². The van der Waals surface area contributed by atoms with E-state index in [4.69, 9.17) is 0 Å². The van der Waals surface area contributed by atoms with Crippen molar-refractivity contribution in [1.82, 2.24) is 0 Å². The van der Waals surface area contributed by atoms with Gasteiger partial charge in [-0.05, 0) is 115 Å². The molecule has 0 N–H and O–H groups in total. The summed E-state index contributed by atoms with van der Waals surface area (Å²) >= 11 is 0. The third-order valence-corrected chi connectivity index (χ3v) is 11.1. The van der Waals surface area contributed by atoms with Crippen LogP contribution in [0.15, 0.2) is 0 Å². The molecule has 6 unspecified atom stereocenters. The van der Waals surface area contributed by atoms with Crippen LogP contribution >= 0.6 is 0 Å². The summed E-state index contributed by atoms with van der Waals surface area (Å²) in [6.07, 6.45) is 15.2. The molecule has 0 aromatic heterocycles. The second kappa shape index (κ2) is 7.55. The molecule has 0 bridgehead atoms. The van der Waals surface area contributed by atoms with Crippen molar-refractivity contribution in [3.63, 3.8) is 0 Å². The van der Waals surface area contributed by atoms with Crippen LogP contribution in [0.25, 0.3) is 0 Å². The fourth-order valence-electron chi connectivity index (χ4n) is 9.28. The maximum absolute atomic E-state index is 2.73. The quantitative estimate of drug-likeness (QED) is 0.434. The van der Waals surface area contributed by atoms with Gasteiger partial charge in [0.05, 0.1) is 0 Å². The van der Waals surface area contributed by atoms with Crippen molar-refractivity contribution in [2.45, 2.75) is 120 Å². The molecule has 4 aliphatic rings. The summed E-state index contributed by atoms with van der Waals surface area (Å²) in [5.74, 6) is 8.06. The fourth-order valence-corrected chi connectivity index (χ4v) is 9.28. The minimum absolute atomic E-state index is 0.495. The van der Waals surface area contributed by atoms with E-state index in [1.807, 2.05) is 0 Å². The lowest BCUT2D eigenvalue weighted by atomic mass is 9.56. The van der Waals surface area contributed by atoms with Crippen molar-refractivity contribution in [1.29, 1.82) is 0 Å². The molecule has 4 rings (SSSR count). The predicted octanol–water partition coefficient (Wildman–Crippen LogP) is 8.99. The predicted molar refractivity (Wildman–Crippen MR) is 127 cm³/mol. The molecule has 6 atom stereocenters. The highest BCUT2D eigenvalue weighted by Crippen LogP contribution is 2.67. The molecule has 0 saturated heterocycles. The lowest BCUT2D eigenvalue weighted by Crippen LogP contribution is -2.42. The van der Waals surface area contributed by atoms with Crippen molar-refractivity contribution in [3.05, 3.63) is 0 Å². The molecule has 4 saturated carbocycles. The standard InChI is InChI=1S/C29H52/c1-27(2,3)20-13-15-22-23-16-14-21(28(4,5)6)18-25(23)26(24(22)17-20)29(7,8)19-11-9-10-12-19/h19-26H,9-18H2,1-8H3. The largest absolute Gasteiger partial charge is 0.0599 e. The normalized spacial score (nSPS) is 42.0. The van der Waals surface area contributed by atoms with Gasteiger partial charge in [0.1, 0.15) is 0 Å². The van der Waals surface area contributed by atoms with Crippen LogP contribution in [0.2, 0.25) is 0 Å². The Hall–Kier alpha value is 0. The van der Waals surface area contributed by atoms with E-state index in [0.29, 0.717) is 16.2 Å². The zero-order chi connectivity index (χ0) is 21.2. The van der Waals surface area contributed by atoms with Gasteiger partial charge in [-0.15, -0.1) is 0 Å². The molecule has 0 heterocycles. The lowest BCUT2D eigenvalue weighted by Gasteiger charge is -2.49. The van der Waals surface area contributed by atoms with Gasteiger partial charge in [0.15, 0.2) is 0 Å². The Morgan fingerprint density at radius 3 is 1.24 bits per heavy atom. The Morgan fingerprint density at radius 1 is 0.448 bits per heavy atom. The minimum Gasteiger partial charge on any atom is -0.0599 e. The summed E-state index contributed by atoms with van der Waals surface area (Å²) in [4.78, 5) is 0. The molecule has 0 radical (unpaired) electrons. The van der Waals surface area contributed by atoms with Crippen LogP contribution in [0, 0.1) is 63.6 Å². The van der Waals surface area contributed by atoms with Gasteiger partial charge in [-0.25, -0.2) is 0 Å². The van der Waals surface area contributed by atoms with Crippen LogP contribution in [-0.2, 0) is 0 Å². The van der Waals surface area contributed by atoms with E-state index in [-0.39, 0.29) is 0 Å². The van der Waals surface area contributed by atoms with Crippen molar-refractivity contribution >= 4 is 0 Å². The second-order valence-corrected chi connectivity index (χ2v) is 14.7. The van der Waals surface area contributed by atoms with E-state index in [9.17, 15) is 0 Å². The van der Waals surface area contributed by atoms with E-state index in [0.717, 1.165) is 47.3 Å². The Bertz CT molecular complexity index is 526. The van der Waals surface area contributed by atoms with Gasteiger partial charge in [-0.3, -0.25) is 0 Å². The molecule has 4 fully saturated rings. The van der Waals surface area contributed by atoms with Gasteiger partial charge in [0.25, 0.3) is 0 Å². The zero-order valence-corrected chi connectivity index (χ0v) is 21.2. The number of rotatable bonds is 2. The monoisotopic (exact) mass is 400 g/mol. The molecule has 0 nitrogen and oxygen atoms in total. The van der Waals surface area contributed by atoms with E-state index in [1.165, 1.54) is 38.5 Å². The van der Waals surface area contributed by atoms with Crippen LogP contribution in [0.3, 0.4) is 0 Å². The molecular weight excluding hydrogens is 348 g/mol. The Labute approximate surface area is 183 Å². The maximum Gasteiger partial charge on any atom is -0.0292 e. The summed E-state index contributed by atoms with van der Waals surface area (Å²) in [5, 5.41) is 0. The summed E-state index contributed by atoms with van der Waals surface area (Å²) in [7, 11) is 0. The van der Waals surface area contributed by atoms with Crippen LogP contribution in [0.1, 0.15) is 120 Å². The van der Waals surface area contributed by atoms with Gasteiger partial charge in [0.2, 0.25) is 0 Å². The van der Waals surface area contributed by atoms with Gasteiger partial charge >= 0.3 is 0 Å². The first-order chi connectivity index (χ1) is 13.4. The Kier molecular flexibility index (Phi) is 5.78. The van der Waals surface area contributed by atoms with E-state index in [1.54, 1.807) is 25.7 Å². The van der Waals surface area contributed by atoms with Crippen molar-refractivity contribution in [3.8, 4) is 0 Å². The second-order valence-electron chi connectivity index (χ2n) is 14.7. The molecule has 29 heavy (non-hydrogen) atoms. The average molecular weight is 401 g/mol. The Morgan fingerprint density at radius 2 is 0.862 bits per heavy atom. The van der Waals surface area contributed by atoms with Crippen LogP contribution < -0.4 is 0 Å². The SMILES string of the molecule is CC(C)(C)C1CCC2C3CCC(C(C)(C)C)CC3C(C(C)(C)C3CCCC3)C2C1. The van der Waals surface area contributed by atoms with Crippen molar-refractivity contribution < 1.29 is 0 Å². The van der Waals surface area contributed by atoms with Gasteiger partial charge in [-0.2, -0.15) is 0 Å².